The summed E-state index contributed by atoms with van der Waals surface area (Å²) in [5, 5.41) is 4.48. The van der Waals surface area contributed by atoms with Crippen LogP contribution < -0.4 is 0 Å². The zero-order chi connectivity index (χ0) is 19.4. The van der Waals surface area contributed by atoms with Gasteiger partial charge in [0.2, 0.25) is 5.91 Å². The molecular weight excluding hydrogens is 342 g/mol. The fourth-order valence-electron chi connectivity index (χ4n) is 3.95. The molecule has 0 aromatic carbocycles. The van der Waals surface area contributed by atoms with Crippen molar-refractivity contribution in [1.29, 1.82) is 0 Å². The second kappa shape index (κ2) is 8.87. The molecule has 150 valence electrons. The number of nitrogens with zero attached hydrogens (tertiary/aromatic N) is 5. The van der Waals surface area contributed by atoms with Gasteiger partial charge in [0.05, 0.1) is 12.2 Å². The molecule has 3 rings (SSSR count). The summed E-state index contributed by atoms with van der Waals surface area (Å²) in [6.45, 7) is 9.41. The Hall–Kier alpha value is -1.89. The van der Waals surface area contributed by atoms with E-state index in [1.807, 2.05) is 22.9 Å². The average molecular weight is 376 g/mol. The van der Waals surface area contributed by atoms with E-state index in [-0.39, 0.29) is 11.8 Å². The summed E-state index contributed by atoms with van der Waals surface area (Å²) in [5.41, 5.74) is 1.63. The number of likely N-dealkylation sites (tertiary alicyclic amines) is 1. The van der Waals surface area contributed by atoms with Crippen molar-refractivity contribution in [2.75, 3.05) is 45.8 Å². The predicted octanol–water partition coefficient (Wildman–Crippen LogP) is 1.39. The zero-order valence-corrected chi connectivity index (χ0v) is 17.0. The highest BCUT2D eigenvalue weighted by molar-refractivity contribution is 5.92. The topological polar surface area (TPSA) is 61.7 Å². The second-order valence-electron chi connectivity index (χ2n) is 8.25. The van der Waals surface area contributed by atoms with Crippen molar-refractivity contribution < 1.29 is 9.59 Å². The molecule has 0 N–H and O–H groups in total. The van der Waals surface area contributed by atoms with Crippen LogP contribution in [0.25, 0.3) is 0 Å². The van der Waals surface area contributed by atoms with Gasteiger partial charge in [0, 0.05) is 46.3 Å². The van der Waals surface area contributed by atoms with Crippen molar-refractivity contribution in [2.24, 2.45) is 13.0 Å². The largest absolute Gasteiger partial charge is 0.342 e. The first-order valence-corrected chi connectivity index (χ1v) is 10.3. The number of piperidine rings is 1. The number of hydrogen-bond donors (Lipinski definition) is 0. The van der Waals surface area contributed by atoms with Crippen LogP contribution in [-0.4, -0.2) is 82.1 Å². The lowest BCUT2D eigenvalue weighted by Crippen LogP contribution is -2.52. The third kappa shape index (κ3) is 5.09. The quantitative estimate of drug-likeness (QED) is 0.780. The van der Waals surface area contributed by atoms with Gasteiger partial charge in [-0.25, -0.2) is 0 Å². The average Bonchev–Trinajstić information content (AvgIpc) is 3.01. The molecule has 0 bridgehead atoms. The van der Waals surface area contributed by atoms with E-state index in [0.717, 1.165) is 51.1 Å². The lowest BCUT2D eigenvalue weighted by atomic mass is 10.1. The van der Waals surface area contributed by atoms with Crippen LogP contribution in [0.2, 0.25) is 0 Å². The molecule has 1 aromatic rings. The van der Waals surface area contributed by atoms with E-state index < -0.39 is 0 Å². The molecule has 0 unspecified atom stereocenters. The molecule has 2 saturated heterocycles. The van der Waals surface area contributed by atoms with Crippen molar-refractivity contribution >= 4 is 11.8 Å². The molecule has 2 aliphatic heterocycles. The molecule has 0 spiro atoms. The van der Waals surface area contributed by atoms with Gasteiger partial charge < -0.3 is 9.80 Å². The smallest absolute Gasteiger partial charge is 0.272 e. The molecule has 0 saturated carbocycles. The van der Waals surface area contributed by atoms with Gasteiger partial charge in [0.1, 0.15) is 5.69 Å². The Kier molecular flexibility index (Phi) is 6.52. The molecule has 0 aliphatic carbocycles. The summed E-state index contributed by atoms with van der Waals surface area (Å²) in [5.74, 6) is 0.797. The van der Waals surface area contributed by atoms with Crippen LogP contribution in [-0.2, 0) is 18.3 Å². The molecule has 2 aliphatic rings. The Bertz CT molecular complexity index is 655. The molecule has 1 aromatic heterocycles. The SMILES string of the molecule is CC(C)Cc1cc(C(=O)N2CCN(CC(=O)N3CCCCC3)CC2)n(C)n1. The van der Waals surface area contributed by atoms with Crippen molar-refractivity contribution in [3.05, 3.63) is 17.5 Å². The number of hydrogen-bond acceptors (Lipinski definition) is 4. The zero-order valence-electron chi connectivity index (χ0n) is 17.0. The van der Waals surface area contributed by atoms with E-state index in [0.29, 0.717) is 31.2 Å². The van der Waals surface area contributed by atoms with Crippen molar-refractivity contribution in [2.45, 2.75) is 39.5 Å². The minimum Gasteiger partial charge on any atom is -0.342 e. The van der Waals surface area contributed by atoms with Crippen LogP contribution in [0.15, 0.2) is 6.07 Å². The fourth-order valence-corrected chi connectivity index (χ4v) is 3.95. The highest BCUT2D eigenvalue weighted by Crippen LogP contribution is 2.14. The van der Waals surface area contributed by atoms with Crippen LogP contribution in [0.4, 0.5) is 0 Å². The van der Waals surface area contributed by atoms with E-state index in [1.165, 1.54) is 6.42 Å². The lowest BCUT2D eigenvalue weighted by Gasteiger charge is -2.36. The molecule has 2 fully saturated rings. The summed E-state index contributed by atoms with van der Waals surface area (Å²) in [4.78, 5) is 31.4. The summed E-state index contributed by atoms with van der Waals surface area (Å²) >= 11 is 0. The number of aromatic nitrogens is 2. The number of rotatable bonds is 5. The van der Waals surface area contributed by atoms with Gasteiger partial charge in [-0.2, -0.15) is 5.10 Å². The molecule has 0 atom stereocenters. The van der Waals surface area contributed by atoms with Crippen molar-refractivity contribution in [1.82, 2.24) is 24.5 Å². The lowest BCUT2D eigenvalue weighted by molar-refractivity contribution is -0.133. The summed E-state index contributed by atoms with van der Waals surface area (Å²) < 4.78 is 1.70. The number of piperazine rings is 1. The van der Waals surface area contributed by atoms with Gasteiger partial charge in [0.25, 0.3) is 5.91 Å². The van der Waals surface area contributed by atoms with Crippen molar-refractivity contribution in [3.63, 3.8) is 0 Å². The number of amides is 2. The Morgan fingerprint density at radius 1 is 1.00 bits per heavy atom. The Morgan fingerprint density at radius 3 is 2.30 bits per heavy atom. The molecule has 27 heavy (non-hydrogen) atoms. The third-order valence-electron chi connectivity index (χ3n) is 5.49. The van der Waals surface area contributed by atoms with Crippen LogP contribution in [0.5, 0.6) is 0 Å². The Labute approximate surface area is 162 Å². The first-order valence-electron chi connectivity index (χ1n) is 10.3. The highest BCUT2D eigenvalue weighted by atomic mass is 16.2. The predicted molar refractivity (Wildman–Crippen MR) is 105 cm³/mol. The number of aryl methyl sites for hydroxylation is 1. The first-order chi connectivity index (χ1) is 12.9. The van der Waals surface area contributed by atoms with Gasteiger partial charge in [0.15, 0.2) is 0 Å². The minimum atomic E-state index is 0.0435. The standard InChI is InChI=1S/C20H33N5O2/c1-16(2)13-17-14-18(22(3)21-17)20(27)25-11-9-23(10-12-25)15-19(26)24-7-5-4-6-8-24/h14,16H,4-13,15H2,1-3H3. The number of carbonyl (C=O) groups excluding carboxylic acids is 2. The summed E-state index contributed by atoms with van der Waals surface area (Å²) in [6, 6.07) is 1.93. The Balaban J connectivity index is 1.50. The van der Waals surface area contributed by atoms with Gasteiger partial charge in [-0.1, -0.05) is 13.8 Å². The van der Waals surface area contributed by atoms with Crippen LogP contribution in [0, 0.1) is 5.92 Å². The molecular formula is C20H33N5O2. The third-order valence-corrected chi connectivity index (χ3v) is 5.49. The van der Waals surface area contributed by atoms with Gasteiger partial charge >= 0.3 is 0 Å². The maximum absolute atomic E-state index is 12.9. The van der Waals surface area contributed by atoms with Crippen LogP contribution in [0.1, 0.15) is 49.3 Å². The monoisotopic (exact) mass is 375 g/mol. The van der Waals surface area contributed by atoms with E-state index in [1.54, 1.807) is 4.68 Å². The molecule has 2 amide bonds. The van der Waals surface area contributed by atoms with Crippen molar-refractivity contribution in [3.8, 4) is 0 Å². The van der Waals surface area contributed by atoms with Crippen LogP contribution in [0.3, 0.4) is 0 Å². The fraction of sp³-hybridized carbons (Fsp3) is 0.750. The molecule has 7 heteroatoms. The minimum absolute atomic E-state index is 0.0435. The normalized spacial score (nSPS) is 19.0. The first kappa shape index (κ1) is 19.9. The van der Waals surface area contributed by atoms with Crippen LogP contribution >= 0.6 is 0 Å². The summed E-state index contributed by atoms with van der Waals surface area (Å²) in [7, 11) is 1.84. The van der Waals surface area contributed by atoms with Gasteiger partial charge in [-0.15, -0.1) is 0 Å². The van der Waals surface area contributed by atoms with E-state index in [9.17, 15) is 9.59 Å². The molecule has 3 heterocycles. The van der Waals surface area contributed by atoms with E-state index >= 15 is 0 Å². The molecule has 7 nitrogen and oxygen atoms in total. The number of carbonyl (C=O) groups is 2. The molecule has 0 radical (unpaired) electrons. The second-order valence-corrected chi connectivity index (χ2v) is 8.25. The highest BCUT2D eigenvalue weighted by Gasteiger charge is 2.27. The Morgan fingerprint density at radius 2 is 1.67 bits per heavy atom. The summed E-state index contributed by atoms with van der Waals surface area (Å²) in [6.07, 6.45) is 4.36. The van der Waals surface area contributed by atoms with E-state index in [2.05, 4.69) is 23.8 Å². The van der Waals surface area contributed by atoms with Gasteiger partial charge in [-0.3, -0.25) is 19.2 Å². The maximum atomic E-state index is 12.9. The maximum Gasteiger partial charge on any atom is 0.272 e. The van der Waals surface area contributed by atoms with E-state index in [4.69, 9.17) is 0 Å². The van der Waals surface area contributed by atoms with Gasteiger partial charge in [-0.05, 0) is 37.7 Å².